The normalized spacial score (nSPS) is 14.9. The molecule has 0 saturated heterocycles. The van der Waals surface area contributed by atoms with Gasteiger partial charge in [-0.25, -0.2) is 0 Å². The van der Waals surface area contributed by atoms with Crippen molar-refractivity contribution in [2.45, 2.75) is 48.6 Å². The summed E-state index contributed by atoms with van der Waals surface area (Å²) >= 11 is 0. The monoisotopic (exact) mass is 432 g/mol. The number of esters is 1. The highest BCUT2D eigenvalue weighted by Gasteiger charge is 2.90. The first-order chi connectivity index (χ1) is 11.7. The Labute approximate surface area is 141 Å². The largest absolute Gasteiger partial charge is 0.465 e. The van der Waals surface area contributed by atoms with Crippen molar-refractivity contribution >= 4 is 5.97 Å². The summed E-state index contributed by atoms with van der Waals surface area (Å²) in [6.07, 6.45) is -9.82. The predicted octanol–water partition coefficient (Wildman–Crippen LogP) is 5.23. The third kappa shape index (κ3) is 4.25. The topological polar surface area (TPSA) is 26.3 Å². The van der Waals surface area contributed by atoms with E-state index in [1.54, 1.807) is 0 Å². The van der Waals surface area contributed by atoms with Crippen LogP contribution in [0.5, 0.6) is 0 Å². The minimum absolute atomic E-state index is 0.645. The van der Waals surface area contributed by atoms with Gasteiger partial charge < -0.3 is 4.74 Å². The smallest absolute Gasteiger partial charge is 0.460 e. The fourth-order valence-electron chi connectivity index (χ4n) is 1.43. The molecule has 0 unspecified atom stereocenters. The van der Waals surface area contributed by atoms with Crippen molar-refractivity contribution in [3.63, 3.8) is 0 Å². The molecule has 0 spiro atoms. The van der Waals surface area contributed by atoms with E-state index < -0.39 is 61.2 Å². The van der Waals surface area contributed by atoms with E-state index in [1.165, 1.54) is 0 Å². The van der Waals surface area contributed by atoms with Crippen molar-refractivity contribution in [1.82, 2.24) is 0 Å². The summed E-state index contributed by atoms with van der Waals surface area (Å²) in [6, 6.07) is 0. The maximum atomic E-state index is 13.2. The van der Waals surface area contributed by atoms with Gasteiger partial charge in [0.2, 0.25) is 0 Å². The molecule has 15 heteroatoms. The van der Waals surface area contributed by atoms with Gasteiger partial charge in [0.1, 0.15) is 0 Å². The van der Waals surface area contributed by atoms with E-state index in [0.717, 1.165) is 6.08 Å². The molecule has 0 aromatic carbocycles. The Morgan fingerprint density at radius 1 is 0.741 bits per heavy atom. The Morgan fingerprint density at radius 2 is 1.15 bits per heavy atom. The van der Waals surface area contributed by atoms with Gasteiger partial charge in [-0.05, 0) is 0 Å². The highest BCUT2D eigenvalue weighted by atomic mass is 19.4. The number of hydrogen-bond donors (Lipinski definition) is 0. The van der Waals surface area contributed by atoms with E-state index in [1.807, 2.05) is 0 Å². The number of carbonyl (C=O) groups excluding carboxylic acids is 1. The summed E-state index contributed by atoms with van der Waals surface area (Å²) in [4.78, 5) is 10.8. The molecule has 0 bridgehead atoms. The quantitative estimate of drug-likeness (QED) is 0.283. The van der Waals surface area contributed by atoms with Crippen LogP contribution < -0.4 is 0 Å². The summed E-state index contributed by atoms with van der Waals surface area (Å²) in [7, 11) is 0. The molecule has 0 atom stereocenters. The molecule has 0 aromatic heterocycles. The molecule has 0 aliphatic carbocycles. The van der Waals surface area contributed by atoms with Gasteiger partial charge in [0.15, 0.2) is 0 Å². The maximum Gasteiger partial charge on any atom is 0.460 e. The average molecular weight is 432 g/mol. The number of rotatable bonds is 9. The second kappa shape index (κ2) is 7.37. The number of alkyl halides is 13. The van der Waals surface area contributed by atoms with Crippen molar-refractivity contribution in [3.8, 4) is 0 Å². The predicted molar refractivity (Wildman–Crippen MR) is 61.2 cm³/mol. The van der Waals surface area contributed by atoms with Crippen LogP contribution in [0.2, 0.25) is 0 Å². The SMILES string of the molecule is C=CCC(=O)OCCC(F)(F)C(F)(F)C(F)(F)C(F)(F)C(F)(F)C(F)(F)F. The average Bonchev–Trinajstić information content (AvgIpc) is 2.45. The van der Waals surface area contributed by atoms with Gasteiger partial charge in [-0.3, -0.25) is 4.79 Å². The minimum Gasteiger partial charge on any atom is -0.465 e. The van der Waals surface area contributed by atoms with E-state index in [4.69, 9.17) is 0 Å². The molecule has 160 valence electrons. The highest BCUT2D eigenvalue weighted by Crippen LogP contribution is 2.60. The van der Waals surface area contributed by atoms with Crippen molar-refractivity contribution in [2.75, 3.05) is 6.61 Å². The molecule has 0 rings (SSSR count). The van der Waals surface area contributed by atoms with Crippen LogP contribution in [0.4, 0.5) is 57.1 Å². The second-order valence-electron chi connectivity index (χ2n) is 4.96. The summed E-state index contributed by atoms with van der Waals surface area (Å²) in [5.41, 5.74) is 0. The Hall–Kier alpha value is -1.70. The Balaban J connectivity index is 5.74. The van der Waals surface area contributed by atoms with E-state index in [9.17, 15) is 61.9 Å². The first-order valence-electron chi connectivity index (χ1n) is 6.43. The van der Waals surface area contributed by atoms with E-state index in [2.05, 4.69) is 11.3 Å². The standard InChI is InChI=1S/C12H9F13O2/c1-2-3-6(26)27-5-4-7(13,14)8(15,16)9(17,18)10(19,20)11(21,22)12(23,24)25/h2H,1,3-5H2. The maximum absolute atomic E-state index is 13.2. The lowest BCUT2D eigenvalue weighted by Crippen LogP contribution is -2.70. The van der Waals surface area contributed by atoms with Gasteiger partial charge in [-0.15, -0.1) is 6.58 Å². The zero-order valence-corrected chi connectivity index (χ0v) is 12.6. The van der Waals surface area contributed by atoms with Crippen LogP contribution in [0.3, 0.4) is 0 Å². The fraction of sp³-hybridized carbons (Fsp3) is 0.750. The lowest BCUT2D eigenvalue weighted by atomic mass is 9.93. The highest BCUT2D eigenvalue weighted by molar-refractivity contribution is 5.70. The fourth-order valence-corrected chi connectivity index (χ4v) is 1.43. The Kier molecular flexibility index (Phi) is 6.91. The number of halogens is 13. The zero-order valence-electron chi connectivity index (χ0n) is 12.6. The van der Waals surface area contributed by atoms with Crippen LogP contribution in [0.1, 0.15) is 12.8 Å². The molecule has 0 radical (unpaired) electrons. The summed E-state index contributed by atoms with van der Waals surface area (Å²) in [5.74, 6) is -38.5. The molecule has 2 nitrogen and oxygen atoms in total. The van der Waals surface area contributed by atoms with E-state index in [-0.39, 0.29) is 0 Å². The molecule has 0 saturated carbocycles. The van der Waals surface area contributed by atoms with Crippen LogP contribution in [0, 0.1) is 0 Å². The van der Waals surface area contributed by atoms with Crippen LogP contribution in [-0.2, 0) is 9.53 Å². The summed E-state index contributed by atoms with van der Waals surface area (Å²) in [5, 5.41) is 0. The number of carbonyl (C=O) groups is 1. The third-order valence-corrected chi connectivity index (χ3v) is 2.99. The van der Waals surface area contributed by atoms with Gasteiger partial charge >= 0.3 is 41.8 Å². The van der Waals surface area contributed by atoms with E-state index in [0.29, 0.717) is 0 Å². The molecule has 0 heterocycles. The van der Waals surface area contributed by atoms with Crippen LogP contribution in [0.25, 0.3) is 0 Å². The first-order valence-corrected chi connectivity index (χ1v) is 6.43. The van der Waals surface area contributed by atoms with Crippen LogP contribution >= 0.6 is 0 Å². The number of ether oxygens (including phenoxy) is 1. The molecule has 0 N–H and O–H groups in total. The third-order valence-electron chi connectivity index (χ3n) is 2.99. The van der Waals surface area contributed by atoms with Crippen molar-refractivity contribution in [2.24, 2.45) is 0 Å². The molecule has 0 fully saturated rings. The van der Waals surface area contributed by atoms with Crippen molar-refractivity contribution in [1.29, 1.82) is 0 Å². The van der Waals surface area contributed by atoms with Gasteiger partial charge in [0, 0.05) is 0 Å². The zero-order chi connectivity index (χ0) is 22.1. The van der Waals surface area contributed by atoms with Gasteiger partial charge in [-0.2, -0.15) is 57.1 Å². The van der Waals surface area contributed by atoms with Crippen LogP contribution in [0.15, 0.2) is 12.7 Å². The van der Waals surface area contributed by atoms with Crippen LogP contribution in [-0.4, -0.2) is 48.4 Å². The van der Waals surface area contributed by atoms with Gasteiger partial charge in [0.05, 0.1) is 19.4 Å². The van der Waals surface area contributed by atoms with Crippen molar-refractivity contribution < 1.29 is 66.6 Å². The van der Waals surface area contributed by atoms with Gasteiger partial charge in [0.25, 0.3) is 0 Å². The minimum atomic E-state index is -7.94. The molecular weight excluding hydrogens is 423 g/mol. The molecule has 0 aliphatic rings. The van der Waals surface area contributed by atoms with E-state index >= 15 is 0 Å². The lowest BCUT2D eigenvalue weighted by molar-refractivity contribution is -0.440. The van der Waals surface area contributed by atoms with Gasteiger partial charge in [-0.1, -0.05) is 6.08 Å². The number of hydrogen-bond acceptors (Lipinski definition) is 2. The molecular formula is C12H9F13O2. The summed E-state index contributed by atoms with van der Waals surface area (Å²) in [6.45, 7) is 1.23. The molecule has 0 aromatic rings. The molecule has 0 aliphatic heterocycles. The summed E-state index contributed by atoms with van der Waals surface area (Å²) < 4.78 is 170. The second-order valence-corrected chi connectivity index (χ2v) is 4.96. The Bertz CT molecular complexity index is 550. The lowest BCUT2D eigenvalue weighted by Gasteiger charge is -2.39. The molecule has 27 heavy (non-hydrogen) atoms. The molecule has 0 amide bonds. The van der Waals surface area contributed by atoms with Crippen molar-refractivity contribution in [3.05, 3.63) is 12.7 Å². The first kappa shape index (κ1) is 25.3. The Morgan fingerprint density at radius 3 is 1.52 bits per heavy atom.